The first-order valence-corrected chi connectivity index (χ1v) is 8.09. The summed E-state index contributed by atoms with van der Waals surface area (Å²) in [7, 11) is 1.45. The highest BCUT2D eigenvalue weighted by atomic mass is 79.9. The van der Waals surface area contributed by atoms with Gasteiger partial charge < -0.3 is 10.5 Å². The molecule has 1 aromatic carbocycles. The number of hydrogen-bond donors (Lipinski definition) is 1. The Morgan fingerprint density at radius 1 is 1.29 bits per heavy atom. The molecule has 1 atom stereocenters. The summed E-state index contributed by atoms with van der Waals surface area (Å²) in [6.07, 6.45) is 2.67. The van der Waals surface area contributed by atoms with Gasteiger partial charge in [0.05, 0.1) is 12.5 Å². The zero-order chi connectivity index (χ0) is 16.1. The van der Waals surface area contributed by atoms with E-state index >= 15 is 0 Å². The molecule has 0 fully saturated rings. The van der Waals surface area contributed by atoms with Crippen molar-refractivity contribution in [3.63, 3.8) is 0 Å². The highest BCUT2D eigenvalue weighted by Crippen LogP contribution is 2.34. The van der Waals surface area contributed by atoms with E-state index in [0.29, 0.717) is 6.54 Å². The van der Waals surface area contributed by atoms with Crippen LogP contribution in [0.15, 0.2) is 28.7 Å². The van der Waals surface area contributed by atoms with Crippen LogP contribution in [0.5, 0.6) is 0 Å². The van der Waals surface area contributed by atoms with Crippen molar-refractivity contribution in [3.05, 3.63) is 34.3 Å². The van der Waals surface area contributed by atoms with E-state index in [1.54, 1.807) is 0 Å². The molecule has 0 saturated heterocycles. The van der Waals surface area contributed by atoms with Gasteiger partial charge in [-0.3, -0.25) is 4.79 Å². The molecular weight excluding hydrogens is 330 g/mol. The molecule has 1 rings (SSSR count). The van der Waals surface area contributed by atoms with E-state index in [1.807, 2.05) is 31.2 Å². The summed E-state index contributed by atoms with van der Waals surface area (Å²) in [6.45, 7) is 6.91. The molecular formula is C17H26BrNO2. The minimum Gasteiger partial charge on any atom is -0.468 e. The van der Waals surface area contributed by atoms with Crippen LogP contribution in [0.3, 0.4) is 0 Å². The number of rotatable bonds is 7. The van der Waals surface area contributed by atoms with E-state index in [2.05, 4.69) is 29.8 Å². The molecule has 0 aromatic heterocycles. The lowest BCUT2D eigenvalue weighted by Gasteiger charge is -2.29. The fourth-order valence-corrected chi connectivity index (χ4v) is 2.84. The molecule has 0 heterocycles. The Kier molecular flexibility index (Phi) is 6.41. The van der Waals surface area contributed by atoms with Gasteiger partial charge in [0.15, 0.2) is 0 Å². The Hall–Kier alpha value is -0.870. The second-order valence-corrected chi connectivity index (χ2v) is 7.47. The molecule has 0 radical (unpaired) electrons. The van der Waals surface area contributed by atoms with Crippen molar-refractivity contribution in [3.8, 4) is 0 Å². The van der Waals surface area contributed by atoms with Crippen LogP contribution in [0, 0.1) is 5.41 Å². The van der Waals surface area contributed by atoms with Gasteiger partial charge in [-0.05, 0) is 49.4 Å². The third-order valence-electron chi connectivity index (χ3n) is 4.18. The Morgan fingerprint density at radius 2 is 1.95 bits per heavy atom. The van der Waals surface area contributed by atoms with Gasteiger partial charge in [0.25, 0.3) is 0 Å². The van der Waals surface area contributed by atoms with Gasteiger partial charge in [-0.25, -0.2) is 0 Å². The molecule has 0 aliphatic rings. The molecule has 0 bridgehead atoms. The Morgan fingerprint density at radius 3 is 2.48 bits per heavy atom. The molecule has 21 heavy (non-hydrogen) atoms. The largest absolute Gasteiger partial charge is 0.468 e. The second kappa shape index (κ2) is 7.41. The molecule has 0 aliphatic carbocycles. The van der Waals surface area contributed by atoms with Gasteiger partial charge in [-0.1, -0.05) is 48.3 Å². The number of nitrogens with two attached hydrogens (primary N) is 1. The van der Waals surface area contributed by atoms with Gasteiger partial charge in [0.2, 0.25) is 0 Å². The Bertz CT molecular complexity index is 487. The van der Waals surface area contributed by atoms with Crippen molar-refractivity contribution in [1.29, 1.82) is 0 Å². The Labute approximate surface area is 136 Å². The fraction of sp³-hybridized carbons (Fsp3) is 0.588. The number of benzene rings is 1. The average molecular weight is 356 g/mol. The topological polar surface area (TPSA) is 52.3 Å². The van der Waals surface area contributed by atoms with Gasteiger partial charge in [-0.2, -0.15) is 0 Å². The molecule has 2 N–H and O–H groups in total. The van der Waals surface area contributed by atoms with Crippen molar-refractivity contribution >= 4 is 21.9 Å². The first-order valence-electron chi connectivity index (χ1n) is 7.30. The van der Waals surface area contributed by atoms with Crippen LogP contribution in [-0.4, -0.2) is 19.6 Å². The molecule has 0 spiro atoms. The summed E-state index contributed by atoms with van der Waals surface area (Å²) >= 11 is 3.47. The number of halogens is 1. The van der Waals surface area contributed by atoms with Crippen LogP contribution in [0.25, 0.3) is 0 Å². The van der Waals surface area contributed by atoms with Crippen molar-refractivity contribution < 1.29 is 9.53 Å². The molecule has 0 amide bonds. The summed E-state index contributed by atoms with van der Waals surface area (Å²) in [6, 6.07) is 7.88. The molecule has 3 nitrogen and oxygen atoms in total. The second-order valence-electron chi connectivity index (χ2n) is 6.56. The predicted molar refractivity (Wildman–Crippen MR) is 90.2 cm³/mol. The van der Waals surface area contributed by atoms with Crippen molar-refractivity contribution in [2.24, 2.45) is 11.1 Å². The zero-order valence-electron chi connectivity index (χ0n) is 13.4. The normalized spacial score (nSPS) is 14.6. The first-order chi connectivity index (χ1) is 9.75. The summed E-state index contributed by atoms with van der Waals surface area (Å²) in [5.41, 5.74) is 6.24. The standard InChI is InChI=1S/C17H26BrNO2/c1-16(2,12-19)9-6-10-17(3,15(20)21-4)13-7-5-8-14(18)11-13/h5,7-8,11H,6,9-10,12,19H2,1-4H3. The Balaban J connectivity index is 2.92. The quantitative estimate of drug-likeness (QED) is 0.751. The third-order valence-corrected chi connectivity index (χ3v) is 4.67. The molecule has 1 unspecified atom stereocenters. The van der Waals surface area contributed by atoms with Crippen LogP contribution >= 0.6 is 15.9 Å². The average Bonchev–Trinajstić information content (AvgIpc) is 2.46. The maximum Gasteiger partial charge on any atom is 0.315 e. The molecule has 118 valence electrons. The molecule has 0 aliphatic heterocycles. The predicted octanol–water partition coefficient (Wildman–Crippen LogP) is 4.04. The van der Waals surface area contributed by atoms with Crippen molar-refractivity contribution in [2.45, 2.75) is 45.4 Å². The van der Waals surface area contributed by atoms with Gasteiger partial charge in [-0.15, -0.1) is 0 Å². The summed E-state index contributed by atoms with van der Waals surface area (Å²) in [5.74, 6) is -0.189. The fourth-order valence-electron chi connectivity index (χ4n) is 2.44. The van der Waals surface area contributed by atoms with E-state index in [0.717, 1.165) is 29.3 Å². The number of esters is 1. The number of hydrogen-bond acceptors (Lipinski definition) is 3. The van der Waals surface area contributed by atoms with E-state index in [9.17, 15) is 4.79 Å². The van der Waals surface area contributed by atoms with Crippen LogP contribution in [0.1, 0.15) is 45.6 Å². The maximum atomic E-state index is 12.3. The van der Waals surface area contributed by atoms with E-state index in [-0.39, 0.29) is 11.4 Å². The minimum atomic E-state index is -0.622. The number of methoxy groups -OCH3 is 1. The highest BCUT2D eigenvalue weighted by molar-refractivity contribution is 9.10. The van der Waals surface area contributed by atoms with E-state index in [4.69, 9.17) is 10.5 Å². The zero-order valence-corrected chi connectivity index (χ0v) is 15.0. The van der Waals surface area contributed by atoms with Gasteiger partial charge in [0.1, 0.15) is 0 Å². The van der Waals surface area contributed by atoms with E-state index in [1.165, 1.54) is 7.11 Å². The number of ether oxygens (including phenoxy) is 1. The summed E-state index contributed by atoms with van der Waals surface area (Å²) in [5, 5.41) is 0. The van der Waals surface area contributed by atoms with Gasteiger partial charge >= 0.3 is 5.97 Å². The van der Waals surface area contributed by atoms with Crippen LogP contribution in [-0.2, 0) is 14.9 Å². The van der Waals surface area contributed by atoms with Crippen LogP contribution < -0.4 is 5.73 Å². The van der Waals surface area contributed by atoms with Crippen LogP contribution in [0.4, 0.5) is 0 Å². The SMILES string of the molecule is COC(=O)C(C)(CCCC(C)(C)CN)c1cccc(Br)c1. The summed E-state index contributed by atoms with van der Waals surface area (Å²) < 4.78 is 6.01. The highest BCUT2D eigenvalue weighted by Gasteiger charge is 2.36. The maximum absolute atomic E-state index is 12.3. The number of carbonyl (C=O) groups is 1. The molecule has 1 aromatic rings. The van der Waals surface area contributed by atoms with Crippen LogP contribution in [0.2, 0.25) is 0 Å². The van der Waals surface area contributed by atoms with Gasteiger partial charge in [0, 0.05) is 4.47 Å². The first kappa shape index (κ1) is 18.2. The van der Waals surface area contributed by atoms with Crippen molar-refractivity contribution in [1.82, 2.24) is 0 Å². The summed E-state index contributed by atoms with van der Waals surface area (Å²) in [4.78, 5) is 12.3. The monoisotopic (exact) mass is 355 g/mol. The van der Waals surface area contributed by atoms with Crippen molar-refractivity contribution in [2.75, 3.05) is 13.7 Å². The lowest BCUT2D eigenvalue weighted by molar-refractivity contribution is -0.147. The smallest absolute Gasteiger partial charge is 0.315 e. The lowest BCUT2D eigenvalue weighted by Crippen LogP contribution is -2.34. The number of carbonyl (C=O) groups excluding carboxylic acids is 1. The molecule has 4 heteroatoms. The van der Waals surface area contributed by atoms with E-state index < -0.39 is 5.41 Å². The lowest BCUT2D eigenvalue weighted by atomic mass is 9.76. The third kappa shape index (κ3) is 4.82. The minimum absolute atomic E-state index is 0.105. The molecule has 0 saturated carbocycles.